The van der Waals surface area contributed by atoms with Crippen LogP contribution in [0.2, 0.25) is 0 Å². The molecule has 1 heterocycles. The number of rotatable bonds is 4. The molecule has 0 atom stereocenters. The van der Waals surface area contributed by atoms with E-state index in [0.717, 1.165) is 23.0 Å². The second-order valence-corrected chi connectivity index (χ2v) is 4.31. The molecule has 0 spiro atoms. The molecule has 0 bridgehead atoms. The van der Waals surface area contributed by atoms with Gasteiger partial charge in [-0.2, -0.15) is 0 Å². The average molecular weight is 223 g/mol. The molecule has 2 N–H and O–H groups in total. The highest BCUT2D eigenvalue weighted by Crippen LogP contribution is 2.22. The molecule has 0 radical (unpaired) electrons. The molecule has 0 saturated carbocycles. The quantitative estimate of drug-likeness (QED) is 0.763. The van der Waals surface area contributed by atoms with E-state index >= 15 is 0 Å². The SMILES string of the molecule is CNc1nc(C(C)C)nc(NN(C)C)c1C. The van der Waals surface area contributed by atoms with Gasteiger partial charge in [-0.05, 0) is 6.92 Å². The second kappa shape index (κ2) is 5.12. The Hall–Kier alpha value is -1.36. The van der Waals surface area contributed by atoms with Crippen molar-refractivity contribution in [3.05, 3.63) is 11.4 Å². The molecule has 0 amide bonds. The molecule has 0 saturated heterocycles. The first-order chi connectivity index (χ1) is 7.45. The van der Waals surface area contributed by atoms with Gasteiger partial charge in [-0.25, -0.2) is 15.0 Å². The maximum Gasteiger partial charge on any atom is 0.149 e. The highest BCUT2D eigenvalue weighted by molar-refractivity contribution is 5.56. The highest BCUT2D eigenvalue weighted by atomic mass is 15.5. The molecule has 0 aliphatic rings. The number of hydrazine groups is 1. The molecule has 5 heteroatoms. The molecule has 1 aromatic heterocycles. The second-order valence-electron chi connectivity index (χ2n) is 4.31. The fourth-order valence-corrected chi connectivity index (χ4v) is 1.36. The zero-order valence-corrected chi connectivity index (χ0v) is 10.9. The smallest absolute Gasteiger partial charge is 0.149 e. The molecule has 16 heavy (non-hydrogen) atoms. The predicted molar refractivity (Wildman–Crippen MR) is 67.7 cm³/mol. The van der Waals surface area contributed by atoms with Crippen LogP contribution in [0.15, 0.2) is 0 Å². The van der Waals surface area contributed by atoms with Crippen molar-refractivity contribution in [3.63, 3.8) is 0 Å². The molecule has 1 rings (SSSR count). The summed E-state index contributed by atoms with van der Waals surface area (Å²) in [6, 6.07) is 0. The van der Waals surface area contributed by atoms with Gasteiger partial charge in [0, 0.05) is 32.6 Å². The summed E-state index contributed by atoms with van der Waals surface area (Å²) in [6.45, 7) is 6.18. The normalized spacial score (nSPS) is 11.0. The minimum absolute atomic E-state index is 0.315. The third-order valence-electron chi connectivity index (χ3n) is 2.25. The van der Waals surface area contributed by atoms with Crippen LogP contribution in [-0.2, 0) is 0 Å². The summed E-state index contributed by atoms with van der Waals surface area (Å²) in [6.07, 6.45) is 0. The Morgan fingerprint density at radius 2 is 1.69 bits per heavy atom. The van der Waals surface area contributed by atoms with Gasteiger partial charge in [-0.3, -0.25) is 0 Å². The number of nitrogens with one attached hydrogen (secondary N) is 2. The molecule has 5 nitrogen and oxygen atoms in total. The maximum absolute atomic E-state index is 4.52. The summed E-state index contributed by atoms with van der Waals surface area (Å²) in [5.74, 6) is 2.89. The Morgan fingerprint density at radius 3 is 2.12 bits per heavy atom. The van der Waals surface area contributed by atoms with Crippen LogP contribution < -0.4 is 10.7 Å². The molecular weight excluding hydrogens is 202 g/mol. The van der Waals surface area contributed by atoms with Gasteiger partial charge < -0.3 is 10.7 Å². The standard InChI is InChI=1S/C11H21N5/c1-7(2)9-13-10(12-4)8(3)11(14-9)15-16(5)6/h7H,1-6H3,(H2,12,13,14,15). The van der Waals surface area contributed by atoms with E-state index in [1.165, 1.54) is 0 Å². The Morgan fingerprint density at radius 1 is 1.12 bits per heavy atom. The number of hydrogen-bond acceptors (Lipinski definition) is 5. The maximum atomic E-state index is 4.52. The van der Waals surface area contributed by atoms with Gasteiger partial charge in [0.05, 0.1) is 0 Å². The highest BCUT2D eigenvalue weighted by Gasteiger charge is 2.12. The monoisotopic (exact) mass is 223 g/mol. The molecule has 0 fully saturated rings. The first-order valence-electron chi connectivity index (χ1n) is 5.46. The molecule has 0 aromatic carbocycles. The summed E-state index contributed by atoms with van der Waals surface area (Å²) >= 11 is 0. The summed E-state index contributed by atoms with van der Waals surface area (Å²) in [5.41, 5.74) is 4.21. The third-order valence-corrected chi connectivity index (χ3v) is 2.25. The van der Waals surface area contributed by atoms with Crippen molar-refractivity contribution >= 4 is 11.6 Å². The van der Waals surface area contributed by atoms with Crippen LogP contribution in [0, 0.1) is 6.92 Å². The van der Waals surface area contributed by atoms with Crippen LogP contribution in [0.5, 0.6) is 0 Å². The topological polar surface area (TPSA) is 53.1 Å². The van der Waals surface area contributed by atoms with E-state index in [9.17, 15) is 0 Å². The summed E-state index contributed by atoms with van der Waals surface area (Å²) < 4.78 is 0. The lowest BCUT2D eigenvalue weighted by Crippen LogP contribution is -2.22. The first kappa shape index (κ1) is 12.7. The average Bonchev–Trinajstić information content (AvgIpc) is 2.20. The molecular formula is C11H21N5. The summed E-state index contributed by atoms with van der Waals surface area (Å²) in [5, 5.41) is 4.97. The Labute approximate surface area is 97.3 Å². The molecule has 90 valence electrons. The zero-order valence-electron chi connectivity index (χ0n) is 10.9. The summed E-state index contributed by atoms with van der Waals surface area (Å²) in [7, 11) is 5.75. The van der Waals surface area contributed by atoms with Crippen molar-refractivity contribution in [2.75, 3.05) is 31.9 Å². The van der Waals surface area contributed by atoms with Crippen LogP contribution in [0.3, 0.4) is 0 Å². The van der Waals surface area contributed by atoms with Crippen molar-refractivity contribution in [1.82, 2.24) is 15.0 Å². The predicted octanol–water partition coefficient (Wildman–Crippen LogP) is 1.84. The number of aromatic nitrogens is 2. The first-order valence-corrected chi connectivity index (χ1v) is 5.46. The van der Waals surface area contributed by atoms with Gasteiger partial charge in [0.25, 0.3) is 0 Å². The van der Waals surface area contributed by atoms with Crippen LogP contribution in [0.1, 0.15) is 31.2 Å². The van der Waals surface area contributed by atoms with Gasteiger partial charge in [0.15, 0.2) is 0 Å². The Kier molecular flexibility index (Phi) is 4.06. The third kappa shape index (κ3) is 2.82. The number of nitrogens with zero attached hydrogens (tertiary/aromatic N) is 3. The number of hydrogen-bond donors (Lipinski definition) is 2. The van der Waals surface area contributed by atoms with Crippen LogP contribution in [-0.4, -0.2) is 36.1 Å². The van der Waals surface area contributed by atoms with Crippen LogP contribution in [0.25, 0.3) is 0 Å². The molecule has 0 unspecified atom stereocenters. The lowest BCUT2D eigenvalue weighted by molar-refractivity contribution is 0.490. The summed E-state index contributed by atoms with van der Waals surface area (Å²) in [4.78, 5) is 8.99. The van der Waals surface area contributed by atoms with E-state index in [4.69, 9.17) is 0 Å². The van der Waals surface area contributed by atoms with E-state index in [1.807, 2.05) is 33.1 Å². The largest absolute Gasteiger partial charge is 0.373 e. The Bertz CT molecular complexity index is 360. The van der Waals surface area contributed by atoms with Gasteiger partial charge in [0.2, 0.25) is 0 Å². The van der Waals surface area contributed by atoms with E-state index < -0.39 is 0 Å². The van der Waals surface area contributed by atoms with Crippen molar-refractivity contribution in [2.45, 2.75) is 26.7 Å². The minimum atomic E-state index is 0.315. The fraction of sp³-hybridized carbons (Fsp3) is 0.636. The van der Waals surface area contributed by atoms with Crippen molar-refractivity contribution in [3.8, 4) is 0 Å². The minimum Gasteiger partial charge on any atom is -0.373 e. The Balaban J connectivity index is 3.19. The van der Waals surface area contributed by atoms with Gasteiger partial charge in [0.1, 0.15) is 17.5 Å². The van der Waals surface area contributed by atoms with Crippen molar-refractivity contribution in [1.29, 1.82) is 0 Å². The van der Waals surface area contributed by atoms with E-state index in [0.29, 0.717) is 5.92 Å². The van der Waals surface area contributed by atoms with Crippen LogP contribution in [0.4, 0.5) is 11.6 Å². The van der Waals surface area contributed by atoms with E-state index in [2.05, 4.69) is 34.6 Å². The lowest BCUT2D eigenvalue weighted by Gasteiger charge is -2.18. The fourth-order valence-electron chi connectivity index (χ4n) is 1.36. The lowest BCUT2D eigenvalue weighted by atomic mass is 10.2. The van der Waals surface area contributed by atoms with Crippen molar-refractivity contribution < 1.29 is 0 Å². The molecule has 1 aromatic rings. The van der Waals surface area contributed by atoms with Gasteiger partial charge in [-0.15, -0.1) is 0 Å². The number of anilines is 2. The molecule has 0 aliphatic heterocycles. The van der Waals surface area contributed by atoms with Crippen LogP contribution >= 0.6 is 0 Å². The van der Waals surface area contributed by atoms with Crippen molar-refractivity contribution in [2.24, 2.45) is 0 Å². The van der Waals surface area contributed by atoms with Gasteiger partial charge in [-0.1, -0.05) is 13.8 Å². The van der Waals surface area contributed by atoms with Gasteiger partial charge >= 0.3 is 0 Å². The zero-order chi connectivity index (χ0) is 12.3. The molecule has 0 aliphatic carbocycles. The van der Waals surface area contributed by atoms with E-state index in [1.54, 1.807) is 0 Å². The van der Waals surface area contributed by atoms with E-state index in [-0.39, 0.29) is 0 Å².